The fourth-order valence-corrected chi connectivity index (χ4v) is 2.89. The van der Waals surface area contributed by atoms with E-state index in [2.05, 4.69) is 13.8 Å². The van der Waals surface area contributed by atoms with Gasteiger partial charge in [-0.2, -0.15) is 13.2 Å². The molecule has 0 fully saturated rings. The predicted octanol–water partition coefficient (Wildman–Crippen LogP) is 5.17. The summed E-state index contributed by atoms with van der Waals surface area (Å²) in [4.78, 5) is 0. The summed E-state index contributed by atoms with van der Waals surface area (Å²) in [6.07, 6.45) is -0.246. The summed E-state index contributed by atoms with van der Waals surface area (Å²) in [6, 6.07) is 4.30. The molecule has 18 heavy (non-hydrogen) atoms. The molecule has 100 valence electrons. The average molecular weight is 256 g/mol. The summed E-state index contributed by atoms with van der Waals surface area (Å²) in [5, 5.41) is 0. The highest BCUT2D eigenvalue weighted by Crippen LogP contribution is 2.38. The van der Waals surface area contributed by atoms with Crippen LogP contribution in [-0.4, -0.2) is 0 Å². The van der Waals surface area contributed by atoms with Crippen LogP contribution in [0.4, 0.5) is 13.2 Å². The van der Waals surface area contributed by atoms with Crippen molar-refractivity contribution in [3.8, 4) is 0 Å². The van der Waals surface area contributed by atoms with Crippen LogP contribution in [0.3, 0.4) is 0 Å². The highest BCUT2D eigenvalue weighted by Gasteiger charge is 2.32. The van der Waals surface area contributed by atoms with Gasteiger partial charge < -0.3 is 0 Å². The van der Waals surface area contributed by atoms with E-state index < -0.39 is 11.7 Å². The second-order valence-electron chi connectivity index (χ2n) is 5.51. The van der Waals surface area contributed by atoms with Crippen LogP contribution in [0, 0.1) is 5.92 Å². The van der Waals surface area contributed by atoms with Gasteiger partial charge in [0.15, 0.2) is 0 Å². The maximum Gasteiger partial charge on any atom is 0.416 e. The Labute approximate surface area is 106 Å². The highest BCUT2D eigenvalue weighted by molar-refractivity contribution is 5.37. The van der Waals surface area contributed by atoms with Crippen LogP contribution in [0.25, 0.3) is 0 Å². The number of aryl methyl sites for hydroxylation is 1. The fourth-order valence-electron chi connectivity index (χ4n) is 2.89. The number of halogens is 3. The molecule has 0 spiro atoms. The van der Waals surface area contributed by atoms with Crippen molar-refractivity contribution in [3.63, 3.8) is 0 Å². The summed E-state index contributed by atoms with van der Waals surface area (Å²) >= 11 is 0. The Kier molecular flexibility index (Phi) is 3.69. The molecule has 3 heteroatoms. The van der Waals surface area contributed by atoms with Crippen LogP contribution in [-0.2, 0) is 12.6 Å². The van der Waals surface area contributed by atoms with Gasteiger partial charge in [0, 0.05) is 0 Å². The second kappa shape index (κ2) is 4.94. The topological polar surface area (TPSA) is 0 Å². The molecule has 1 unspecified atom stereocenters. The summed E-state index contributed by atoms with van der Waals surface area (Å²) in [7, 11) is 0. The number of alkyl halides is 3. The second-order valence-corrected chi connectivity index (χ2v) is 5.51. The molecule has 0 radical (unpaired) electrons. The maximum absolute atomic E-state index is 12.7. The molecule has 0 nitrogen and oxygen atoms in total. The molecule has 0 aliphatic heterocycles. The Morgan fingerprint density at radius 1 is 1.17 bits per heavy atom. The Balaban J connectivity index is 2.42. The minimum atomic E-state index is -4.23. The highest BCUT2D eigenvalue weighted by atomic mass is 19.4. The van der Waals surface area contributed by atoms with Gasteiger partial charge in [0.25, 0.3) is 0 Å². The molecule has 0 saturated carbocycles. The quantitative estimate of drug-likeness (QED) is 0.608. The van der Waals surface area contributed by atoms with Gasteiger partial charge in [0.05, 0.1) is 5.56 Å². The molecule has 0 heterocycles. The van der Waals surface area contributed by atoms with Crippen LogP contribution in [0.5, 0.6) is 0 Å². The van der Waals surface area contributed by atoms with Crippen molar-refractivity contribution < 1.29 is 13.2 Å². The van der Waals surface area contributed by atoms with E-state index in [0.717, 1.165) is 36.8 Å². The van der Waals surface area contributed by atoms with Crippen LogP contribution in [0.1, 0.15) is 55.7 Å². The summed E-state index contributed by atoms with van der Waals surface area (Å²) < 4.78 is 38.1. The lowest BCUT2D eigenvalue weighted by atomic mass is 9.83. The molecule has 1 aliphatic rings. The van der Waals surface area contributed by atoms with Gasteiger partial charge in [-0.1, -0.05) is 26.3 Å². The Morgan fingerprint density at radius 2 is 1.89 bits per heavy atom. The lowest BCUT2D eigenvalue weighted by Crippen LogP contribution is -2.10. The van der Waals surface area contributed by atoms with Crippen LogP contribution >= 0.6 is 0 Å². The van der Waals surface area contributed by atoms with Gasteiger partial charge in [-0.05, 0) is 54.4 Å². The molecule has 1 aliphatic carbocycles. The van der Waals surface area contributed by atoms with E-state index in [1.165, 1.54) is 12.1 Å². The van der Waals surface area contributed by atoms with Crippen LogP contribution in [0.2, 0.25) is 0 Å². The lowest BCUT2D eigenvalue weighted by molar-refractivity contribution is -0.137. The first-order valence-corrected chi connectivity index (χ1v) is 6.59. The van der Waals surface area contributed by atoms with Crippen molar-refractivity contribution in [3.05, 3.63) is 34.9 Å². The molecule has 1 atom stereocenters. The van der Waals surface area contributed by atoms with Gasteiger partial charge in [-0.25, -0.2) is 0 Å². The molecular formula is C15H19F3. The van der Waals surface area contributed by atoms with Crippen molar-refractivity contribution in [2.24, 2.45) is 5.92 Å². The number of fused-ring (bicyclic) bond motifs is 1. The fraction of sp³-hybridized carbons (Fsp3) is 0.600. The van der Waals surface area contributed by atoms with E-state index in [4.69, 9.17) is 0 Å². The van der Waals surface area contributed by atoms with Crippen molar-refractivity contribution >= 4 is 0 Å². The van der Waals surface area contributed by atoms with Crippen molar-refractivity contribution in [2.75, 3.05) is 0 Å². The van der Waals surface area contributed by atoms with Crippen molar-refractivity contribution in [2.45, 2.75) is 51.6 Å². The Morgan fingerprint density at radius 3 is 2.50 bits per heavy atom. The standard InChI is InChI=1S/C15H19F3/c1-10(2)13-6-4-3-5-11-9-12(15(16,17)18)7-8-14(11)13/h7-10,13H,3-6H2,1-2H3. The van der Waals surface area contributed by atoms with Crippen LogP contribution in [0.15, 0.2) is 18.2 Å². The van der Waals surface area contributed by atoms with Crippen molar-refractivity contribution in [1.29, 1.82) is 0 Å². The molecule has 0 bridgehead atoms. The van der Waals surface area contributed by atoms with Gasteiger partial charge in [0.1, 0.15) is 0 Å². The summed E-state index contributed by atoms with van der Waals surface area (Å²) in [5.74, 6) is 0.892. The van der Waals surface area contributed by atoms with Gasteiger partial charge >= 0.3 is 6.18 Å². The van der Waals surface area contributed by atoms with Crippen molar-refractivity contribution in [1.82, 2.24) is 0 Å². The van der Waals surface area contributed by atoms with Gasteiger partial charge in [0.2, 0.25) is 0 Å². The van der Waals surface area contributed by atoms with E-state index in [0.29, 0.717) is 11.8 Å². The van der Waals surface area contributed by atoms with Gasteiger partial charge in [-0.3, -0.25) is 0 Å². The minimum absolute atomic E-state index is 0.407. The largest absolute Gasteiger partial charge is 0.416 e. The molecular weight excluding hydrogens is 237 g/mol. The SMILES string of the molecule is CC(C)C1CCCCc2cc(C(F)(F)F)ccc21. The van der Waals surface area contributed by atoms with E-state index in [1.54, 1.807) is 6.07 Å². The zero-order valence-electron chi connectivity index (χ0n) is 10.8. The number of benzene rings is 1. The minimum Gasteiger partial charge on any atom is -0.166 e. The predicted molar refractivity (Wildman–Crippen MR) is 66.6 cm³/mol. The Bertz CT molecular complexity index is 418. The number of hydrogen-bond acceptors (Lipinski definition) is 0. The molecule has 1 aromatic carbocycles. The summed E-state index contributed by atoms with van der Waals surface area (Å²) in [6.45, 7) is 4.30. The van der Waals surface area contributed by atoms with E-state index in [1.807, 2.05) is 0 Å². The molecule has 0 aromatic heterocycles. The molecule has 0 N–H and O–H groups in total. The van der Waals surface area contributed by atoms with E-state index in [-0.39, 0.29) is 0 Å². The average Bonchev–Trinajstić information content (AvgIpc) is 2.48. The molecule has 1 aromatic rings. The zero-order chi connectivity index (χ0) is 13.3. The first kappa shape index (κ1) is 13.4. The smallest absolute Gasteiger partial charge is 0.166 e. The summed E-state index contributed by atoms with van der Waals surface area (Å²) in [5.41, 5.74) is 1.53. The van der Waals surface area contributed by atoms with Gasteiger partial charge in [-0.15, -0.1) is 0 Å². The molecule has 2 rings (SSSR count). The zero-order valence-corrected chi connectivity index (χ0v) is 10.8. The third-order valence-corrected chi connectivity index (χ3v) is 3.89. The van der Waals surface area contributed by atoms with Crippen LogP contribution < -0.4 is 0 Å². The molecule has 0 saturated heterocycles. The third-order valence-electron chi connectivity index (χ3n) is 3.89. The first-order valence-electron chi connectivity index (χ1n) is 6.59. The lowest BCUT2D eigenvalue weighted by Gasteiger charge is -2.22. The first-order chi connectivity index (χ1) is 8.39. The number of rotatable bonds is 1. The number of hydrogen-bond donors (Lipinski definition) is 0. The normalized spacial score (nSPS) is 20.7. The van der Waals surface area contributed by atoms with E-state index >= 15 is 0 Å². The maximum atomic E-state index is 12.7. The Hall–Kier alpha value is -0.990. The monoisotopic (exact) mass is 256 g/mol. The third kappa shape index (κ3) is 2.70. The molecule has 0 amide bonds. The van der Waals surface area contributed by atoms with E-state index in [9.17, 15) is 13.2 Å².